The second kappa shape index (κ2) is 12.5. The van der Waals surface area contributed by atoms with E-state index in [1.807, 2.05) is 44.0 Å². The van der Waals surface area contributed by atoms with Gasteiger partial charge in [0.05, 0.1) is 25.9 Å². The Hall–Kier alpha value is -3.94. The van der Waals surface area contributed by atoms with Crippen molar-refractivity contribution in [3.63, 3.8) is 0 Å². The molecule has 1 saturated carbocycles. The van der Waals surface area contributed by atoms with Gasteiger partial charge in [0.1, 0.15) is 17.3 Å². The summed E-state index contributed by atoms with van der Waals surface area (Å²) in [5.74, 6) is -1.00. The molecule has 6 heterocycles. The molecule has 6 N–H and O–H groups in total. The lowest BCUT2D eigenvalue weighted by molar-refractivity contribution is -0.201. The number of aliphatic hydroxyl groups excluding tert-OH is 1. The molecule has 9 rings (SSSR count). The predicted octanol–water partition coefficient (Wildman–Crippen LogP) is 3.04. The number of hydrogen-bond acceptors (Lipinski definition) is 10. The summed E-state index contributed by atoms with van der Waals surface area (Å²) in [6.45, 7) is 9.47. The van der Waals surface area contributed by atoms with Crippen molar-refractivity contribution in [2.75, 3.05) is 58.9 Å². The standard InChI is InChI=1S/C44H57N5O7/c1-7-40(53)21-26-22-43(39(52)56-6,34-27(12-16-48(23-26)24-40)28-18-25(3)10-11-31(28)46-34)30-19-29-32(20-33(30)55-5)47(4)36-42(29)14-17-49-15-9-13-41(8-2,35(42)49)37(50)44(36,54)38(45)51/h9-11,13,18-20,26,35-37,46,50,53-54H,7-8,12,14-17,21-24H2,1-6H3,(H2,45,51)/t26-,35-,36+,37+,40-,41+,42+,43+,44+/m0/s1. The molecule has 2 aromatic carbocycles. The van der Waals surface area contributed by atoms with Crippen molar-refractivity contribution in [2.45, 2.75) is 99.5 Å². The van der Waals surface area contributed by atoms with Crippen LogP contribution in [0.4, 0.5) is 5.69 Å². The van der Waals surface area contributed by atoms with Gasteiger partial charge in [-0.15, -0.1) is 0 Å². The fourth-order valence-corrected chi connectivity index (χ4v) is 13.2. The number of primary amides is 1. The number of nitrogens with one attached hydrogen (secondary N) is 1. The van der Waals surface area contributed by atoms with Gasteiger partial charge in [0, 0.05) is 84.0 Å². The molecule has 1 aromatic heterocycles. The molecule has 5 aliphatic heterocycles. The Kier molecular flexibility index (Phi) is 8.42. The zero-order valence-corrected chi connectivity index (χ0v) is 33.5. The highest BCUT2D eigenvalue weighted by Crippen LogP contribution is 2.67. The number of carbonyl (C=O) groups excluding carboxylic acids is 2. The quantitative estimate of drug-likeness (QED) is 0.186. The van der Waals surface area contributed by atoms with Crippen LogP contribution >= 0.6 is 0 Å². The van der Waals surface area contributed by atoms with E-state index in [1.54, 1.807) is 7.11 Å². The second-order valence-corrected chi connectivity index (χ2v) is 18.0. The minimum atomic E-state index is -2.30. The van der Waals surface area contributed by atoms with Crippen molar-refractivity contribution in [1.29, 1.82) is 0 Å². The Bertz CT molecular complexity index is 2170. The zero-order chi connectivity index (χ0) is 39.7. The summed E-state index contributed by atoms with van der Waals surface area (Å²) in [6, 6.07) is 9.21. The third-order valence-corrected chi connectivity index (χ3v) is 15.5. The number of piperidine rings is 1. The molecule has 2 saturated heterocycles. The van der Waals surface area contributed by atoms with Crippen LogP contribution in [-0.2, 0) is 31.6 Å². The van der Waals surface area contributed by atoms with Gasteiger partial charge in [0.15, 0.2) is 5.60 Å². The van der Waals surface area contributed by atoms with E-state index in [9.17, 15) is 20.1 Å². The van der Waals surface area contributed by atoms with E-state index in [1.165, 1.54) is 7.11 Å². The van der Waals surface area contributed by atoms with Crippen LogP contribution in [0.2, 0.25) is 0 Å². The first-order valence-corrected chi connectivity index (χ1v) is 20.4. The Morgan fingerprint density at radius 1 is 1.04 bits per heavy atom. The van der Waals surface area contributed by atoms with Crippen molar-refractivity contribution in [3.8, 4) is 5.75 Å². The van der Waals surface area contributed by atoms with Crippen molar-refractivity contribution < 1.29 is 34.4 Å². The maximum Gasteiger partial charge on any atom is 0.322 e. The first-order valence-electron chi connectivity index (χ1n) is 20.4. The normalized spacial score (nSPS) is 38.5. The number of ether oxygens (including phenoxy) is 2. The van der Waals surface area contributed by atoms with Gasteiger partial charge in [-0.2, -0.15) is 0 Å². The van der Waals surface area contributed by atoms with E-state index in [0.717, 1.165) is 52.1 Å². The number of nitrogens with two attached hydrogens (primary N) is 1. The molecule has 3 fully saturated rings. The number of likely N-dealkylation sites (N-methyl/N-ethyl adjacent to an activating group) is 1. The van der Waals surface area contributed by atoms with Gasteiger partial charge in [-0.1, -0.05) is 37.6 Å². The van der Waals surface area contributed by atoms with E-state index in [0.29, 0.717) is 69.5 Å². The number of H-pyrrole nitrogens is 1. The minimum absolute atomic E-state index is 0.0820. The molecule has 1 spiro atoms. The molecular formula is C44H57N5O7. The van der Waals surface area contributed by atoms with Gasteiger partial charge in [-0.3, -0.25) is 19.4 Å². The molecule has 1 amide bonds. The summed E-state index contributed by atoms with van der Waals surface area (Å²) in [5.41, 5.74) is 5.85. The van der Waals surface area contributed by atoms with Crippen LogP contribution in [0.5, 0.6) is 5.75 Å². The first kappa shape index (κ1) is 37.6. The van der Waals surface area contributed by atoms with Crippen molar-refractivity contribution in [3.05, 3.63) is 70.4 Å². The number of aromatic amines is 1. The lowest BCUT2D eigenvalue weighted by atomic mass is 9.47. The highest BCUT2D eigenvalue weighted by atomic mass is 16.5. The molecule has 1 unspecified atom stereocenters. The maximum atomic E-state index is 15.3. The SMILES string of the molecule is CC[C@]1(O)C[C@@H]2CN(CCc3c([nH]c4ccc(C)cc34)[C@](C(=O)OC)(c3cc4c(cc3OC)N(C)[C@H]3[C@](O)(C(N)=O)[C@H](O)[C@]5(CC)C=CCN6CC[C@]43[C@@H]65)C2)C1. The number of methoxy groups -OCH3 is 2. The molecular weight excluding hydrogens is 711 g/mol. The number of aliphatic hydroxyl groups is 3. The summed E-state index contributed by atoms with van der Waals surface area (Å²) >= 11 is 0. The van der Waals surface area contributed by atoms with Gasteiger partial charge in [-0.25, -0.2) is 0 Å². The van der Waals surface area contributed by atoms with E-state index in [-0.39, 0.29) is 12.0 Å². The number of benzene rings is 2. The van der Waals surface area contributed by atoms with Crippen LogP contribution in [0.25, 0.3) is 10.9 Å². The molecule has 12 nitrogen and oxygen atoms in total. The van der Waals surface area contributed by atoms with Gasteiger partial charge >= 0.3 is 5.97 Å². The van der Waals surface area contributed by atoms with Crippen LogP contribution in [0.3, 0.4) is 0 Å². The number of rotatable bonds is 6. The third kappa shape index (κ3) is 4.59. The molecule has 1 aliphatic carbocycles. The number of amides is 1. The zero-order valence-electron chi connectivity index (χ0n) is 33.5. The van der Waals surface area contributed by atoms with Gasteiger partial charge in [-0.05, 0) is 87.2 Å². The van der Waals surface area contributed by atoms with Crippen molar-refractivity contribution in [1.82, 2.24) is 14.8 Å². The fourth-order valence-electron chi connectivity index (χ4n) is 13.2. The number of anilines is 1. The van der Waals surface area contributed by atoms with Crippen LogP contribution in [0.15, 0.2) is 42.5 Å². The Balaban J connectivity index is 1.37. The Morgan fingerprint density at radius 2 is 1.82 bits per heavy atom. The van der Waals surface area contributed by atoms with Gasteiger partial charge < -0.3 is 40.4 Å². The highest BCUT2D eigenvalue weighted by molar-refractivity contribution is 5.95. The summed E-state index contributed by atoms with van der Waals surface area (Å²) in [6.07, 6.45) is 5.78. The van der Waals surface area contributed by atoms with E-state index < -0.39 is 51.5 Å². The Labute approximate surface area is 328 Å². The number of fused-ring (bicyclic) bond motifs is 6. The van der Waals surface area contributed by atoms with Crippen LogP contribution < -0.4 is 15.4 Å². The average molecular weight is 768 g/mol. The number of nitrogens with zero attached hydrogens (tertiary/aromatic N) is 3. The molecule has 6 aliphatic rings. The summed E-state index contributed by atoms with van der Waals surface area (Å²) < 4.78 is 12.3. The monoisotopic (exact) mass is 767 g/mol. The van der Waals surface area contributed by atoms with Crippen LogP contribution in [0, 0.1) is 18.3 Å². The van der Waals surface area contributed by atoms with Crippen LogP contribution in [0.1, 0.15) is 73.9 Å². The largest absolute Gasteiger partial charge is 0.496 e. The lowest BCUT2D eigenvalue weighted by Crippen LogP contribution is -2.81. The molecule has 2 bridgehead atoms. The van der Waals surface area contributed by atoms with Gasteiger partial charge in [0.2, 0.25) is 0 Å². The van der Waals surface area contributed by atoms with Crippen molar-refractivity contribution >= 4 is 28.5 Å². The van der Waals surface area contributed by atoms with Crippen molar-refractivity contribution in [2.24, 2.45) is 17.1 Å². The van der Waals surface area contributed by atoms with Crippen LogP contribution in [-0.4, -0.2) is 125 Å². The minimum Gasteiger partial charge on any atom is -0.496 e. The predicted molar refractivity (Wildman–Crippen MR) is 213 cm³/mol. The van der Waals surface area contributed by atoms with E-state index in [4.69, 9.17) is 15.2 Å². The molecule has 56 heavy (non-hydrogen) atoms. The van der Waals surface area contributed by atoms with E-state index in [2.05, 4.69) is 46.0 Å². The van der Waals surface area contributed by atoms with E-state index >= 15 is 4.79 Å². The van der Waals surface area contributed by atoms with Gasteiger partial charge in [0.25, 0.3) is 5.91 Å². The smallest absolute Gasteiger partial charge is 0.322 e. The number of carbonyl (C=O) groups is 2. The Morgan fingerprint density at radius 3 is 2.52 bits per heavy atom. The average Bonchev–Trinajstić information content (AvgIpc) is 3.84. The molecule has 12 heteroatoms. The number of hydrogen-bond donors (Lipinski definition) is 5. The maximum absolute atomic E-state index is 15.3. The molecule has 10 atom stereocenters. The second-order valence-electron chi connectivity index (χ2n) is 18.0. The number of esters is 1. The summed E-state index contributed by atoms with van der Waals surface area (Å²) in [5, 5.41) is 38.1. The summed E-state index contributed by atoms with van der Waals surface area (Å²) in [4.78, 5) is 39.4. The summed E-state index contributed by atoms with van der Waals surface area (Å²) in [7, 11) is 4.90. The highest BCUT2D eigenvalue weighted by Gasteiger charge is 2.78. The molecule has 0 radical (unpaired) electrons. The fraction of sp³-hybridized carbons (Fsp3) is 0.591. The number of aryl methyl sites for hydroxylation is 1. The first-order chi connectivity index (χ1) is 26.7. The topological polar surface area (TPSA) is 165 Å². The molecule has 300 valence electrons. The number of aromatic nitrogens is 1. The third-order valence-electron chi connectivity index (χ3n) is 15.5. The lowest BCUT2D eigenvalue weighted by Gasteiger charge is -2.63. The molecule has 3 aromatic rings.